The molecule has 0 spiro atoms. The molecular formula is C5H7N3O+. The minimum atomic E-state index is -0.503. The van der Waals surface area contributed by atoms with Crippen molar-refractivity contribution in [1.29, 1.82) is 0 Å². The van der Waals surface area contributed by atoms with E-state index >= 15 is 0 Å². The summed E-state index contributed by atoms with van der Waals surface area (Å²) in [6.45, 7) is 0. The Morgan fingerprint density at radius 1 is 1.89 bits per heavy atom. The molecule has 0 aromatic rings. The molecule has 1 aliphatic rings. The van der Waals surface area contributed by atoms with E-state index in [1.807, 2.05) is 0 Å². The van der Waals surface area contributed by atoms with Gasteiger partial charge in [-0.15, -0.1) is 0 Å². The number of hydrogen-bond donors (Lipinski definition) is 1. The van der Waals surface area contributed by atoms with E-state index in [4.69, 9.17) is 5.73 Å². The van der Waals surface area contributed by atoms with E-state index in [1.54, 1.807) is 19.3 Å². The van der Waals surface area contributed by atoms with Crippen molar-refractivity contribution in [3.05, 3.63) is 12.3 Å². The zero-order valence-electron chi connectivity index (χ0n) is 5.03. The molecule has 0 aromatic carbocycles. The summed E-state index contributed by atoms with van der Waals surface area (Å²) in [6.07, 6.45) is 5.63. The Morgan fingerprint density at radius 2 is 2.56 bits per heavy atom. The summed E-state index contributed by atoms with van der Waals surface area (Å²) in [4.78, 5) is 10.5. The standard InChI is InChI=1S/C5H6N3O/c1-8(5(6)9)4-2-3-7-8/h2,4H,1H3,(H-,6,9)/p+1. The molecule has 1 atom stereocenters. The van der Waals surface area contributed by atoms with Crippen LogP contribution in [0.15, 0.2) is 17.4 Å². The maximum atomic E-state index is 10.5. The lowest BCUT2D eigenvalue weighted by Crippen LogP contribution is -2.41. The van der Waals surface area contributed by atoms with Gasteiger partial charge in [-0.05, 0) is 0 Å². The SMILES string of the molecule is C[N+]1(C(N)=O)C=C[C]=N1. The highest BCUT2D eigenvalue weighted by atomic mass is 16.2. The van der Waals surface area contributed by atoms with Gasteiger partial charge in [-0.1, -0.05) is 9.69 Å². The van der Waals surface area contributed by atoms with Gasteiger partial charge in [-0.3, -0.25) is 0 Å². The molecule has 2 N–H and O–H groups in total. The minimum Gasteiger partial charge on any atom is -0.316 e. The maximum Gasteiger partial charge on any atom is 0.445 e. The van der Waals surface area contributed by atoms with Crippen molar-refractivity contribution >= 4 is 12.2 Å². The normalized spacial score (nSPS) is 31.2. The van der Waals surface area contributed by atoms with Crippen LogP contribution in [0, 0.1) is 0 Å². The van der Waals surface area contributed by atoms with Crippen molar-refractivity contribution in [3.8, 4) is 0 Å². The quantitative estimate of drug-likeness (QED) is 0.451. The van der Waals surface area contributed by atoms with E-state index in [2.05, 4.69) is 11.3 Å². The number of hydrogen-bond acceptors (Lipinski definition) is 2. The van der Waals surface area contributed by atoms with E-state index in [1.165, 1.54) is 0 Å². The third-order valence-corrected chi connectivity index (χ3v) is 1.15. The highest BCUT2D eigenvalue weighted by Crippen LogP contribution is 2.07. The molecule has 47 valence electrons. The number of nitrogens with two attached hydrogens (primary N) is 1. The maximum absolute atomic E-state index is 10.5. The van der Waals surface area contributed by atoms with Gasteiger partial charge >= 0.3 is 6.03 Å². The van der Waals surface area contributed by atoms with Gasteiger partial charge in [0.2, 0.25) is 0 Å². The van der Waals surface area contributed by atoms with Crippen LogP contribution >= 0.6 is 0 Å². The van der Waals surface area contributed by atoms with Gasteiger partial charge in [0.05, 0.1) is 0 Å². The van der Waals surface area contributed by atoms with Crippen molar-refractivity contribution in [3.63, 3.8) is 0 Å². The summed E-state index contributed by atoms with van der Waals surface area (Å²) in [6, 6.07) is -0.503. The molecule has 0 saturated carbocycles. The van der Waals surface area contributed by atoms with Gasteiger partial charge in [0, 0.05) is 6.08 Å². The smallest absolute Gasteiger partial charge is 0.316 e. The summed E-state index contributed by atoms with van der Waals surface area (Å²) >= 11 is 0. The van der Waals surface area contributed by atoms with Gasteiger partial charge < -0.3 is 5.73 Å². The molecule has 4 nitrogen and oxygen atoms in total. The lowest BCUT2D eigenvalue weighted by Gasteiger charge is -2.12. The fourth-order valence-corrected chi connectivity index (χ4v) is 0.488. The molecule has 1 radical (unpaired) electrons. The molecule has 9 heavy (non-hydrogen) atoms. The summed E-state index contributed by atoms with van der Waals surface area (Å²) in [5, 5.41) is 3.67. The topological polar surface area (TPSA) is 55.5 Å². The lowest BCUT2D eigenvalue weighted by molar-refractivity contribution is -0.778. The number of rotatable bonds is 0. The predicted octanol–water partition coefficient (Wildman–Crippen LogP) is -0.0982. The molecule has 0 aromatic heterocycles. The van der Waals surface area contributed by atoms with Crippen LogP contribution in [0.25, 0.3) is 0 Å². The molecular weight excluding hydrogens is 118 g/mol. The number of quaternary nitrogens is 1. The molecule has 1 unspecified atom stereocenters. The third kappa shape index (κ3) is 0.837. The van der Waals surface area contributed by atoms with Crippen LogP contribution < -0.4 is 5.73 Å². The van der Waals surface area contributed by atoms with Crippen molar-refractivity contribution < 1.29 is 9.39 Å². The number of primary amides is 1. The first kappa shape index (κ1) is 5.97. The van der Waals surface area contributed by atoms with Gasteiger partial charge in [-0.2, -0.15) is 0 Å². The van der Waals surface area contributed by atoms with E-state index in [0.29, 0.717) is 0 Å². The predicted molar refractivity (Wildman–Crippen MR) is 32.3 cm³/mol. The average Bonchev–Trinajstić information content (AvgIpc) is 2.16. The number of urea groups is 1. The molecule has 0 saturated heterocycles. The second-order valence-electron chi connectivity index (χ2n) is 1.91. The first-order valence-corrected chi connectivity index (χ1v) is 2.47. The Morgan fingerprint density at radius 3 is 2.78 bits per heavy atom. The van der Waals surface area contributed by atoms with E-state index < -0.39 is 6.03 Å². The second kappa shape index (κ2) is 1.66. The Bertz CT molecular complexity index is 182. The monoisotopic (exact) mass is 125 g/mol. The van der Waals surface area contributed by atoms with Crippen molar-refractivity contribution in [1.82, 2.24) is 0 Å². The Labute approximate surface area is 52.8 Å². The molecule has 4 heteroatoms. The van der Waals surface area contributed by atoms with Crippen LogP contribution in [0.5, 0.6) is 0 Å². The van der Waals surface area contributed by atoms with Crippen LogP contribution in [0.1, 0.15) is 0 Å². The van der Waals surface area contributed by atoms with Crippen molar-refractivity contribution in [2.45, 2.75) is 0 Å². The Kier molecular flexibility index (Phi) is 1.10. The first-order chi connectivity index (χ1) is 4.15. The molecule has 1 rings (SSSR count). The number of allylic oxidation sites excluding steroid dienone is 1. The van der Waals surface area contributed by atoms with Crippen LogP contribution in [0.4, 0.5) is 4.79 Å². The first-order valence-electron chi connectivity index (χ1n) is 2.47. The Hall–Kier alpha value is -1.16. The van der Waals surface area contributed by atoms with Crippen LogP contribution in [0.3, 0.4) is 0 Å². The summed E-state index contributed by atoms with van der Waals surface area (Å²) in [5.41, 5.74) is 4.98. The lowest BCUT2D eigenvalue weighted by atomic mass is 10.6. The fraction of sp³-hybridized carbons (Fsp3) is 0.200. The minimum absolute atomic E-state index is 0.222. The fourth-order valence-electron chi connectivity index (χ4n) is 0.488. The van der Waals surface area contributed by atoms with Crippen molar-refractivity contribution in [2.75, 3.05) is 7.05 Å². The number of carbonyl (C=O) groups excluding carboxylic acids is 1. The van der Waals surface area contributed by atoms with Crippen LogP contribution in [0.2, 0.25) is 0 Å². The van der Waals surface area contributed by atoms with Gasteiger partial charge in [0.1, 0.15) is 13.2 Å². The summed E-state index contributed by atoms with van der Waals surface area (Å²) in [7, 11) is 1.58. The molecule has 0 fully saturated rings. The molecule has 0 bridgehead atoms. The molecule has 1 heterocycles. The average molecular weight is 125 g/mol. The molecule has 0 aliphatic carbocycles. The third-order valence-electron chi connectivity index (χ3n) is 1.15. The Balaban J connectivity index is 2.88. The summed E-state index contributed by atoms with van der Waals surface area (Å²) in [5.74, 6) is 0. The molecule has 2 amide bonds. The van der Waals surface area contributed by atoms with E-state index in [0.717, 1.165) is 0 Å². The van der Waals surface area contributed by atoms with Gasteiger partial charge in [0.25, 0.3) is 0 Å². The second-order valence-corrected chi connectivity index (χ2v) is 1.91. The highest BCUT2D eigenvalue weighted by Gasteiger charge is 2.28. The highest BCUT2D eigenvalue weighted by molar-refractivity contribution is 5.75. The zero-order valence-corrected chi connectivity index (χ0v) is 5.03. The van der Waals surface area contributed by atoms with E-state index in [-0.39, 0.29) is 4.59 Å². The largest absolute Gasteiger partial charge is 0.445 e. The summed E-state index contributed by atoms with van der Waals surface area (Å²) < 4.78 is -0.222. The van der Waals surface area contributed by atoms with Crippen LogP contribution in [-0.2, 0) is 0 Å². The van der Waals surface area contributed by atoms with Gasteiger partial charge in [-0.25, -0.2) is 4.79 Å². The van der Waals surface area contributed by atoms with E-state index in [9.17, 15) is 4.79 Å². The zero-order chi connectivity index (χ0) is 6.91. The van der Waals surface area contributed by atoms with Crippen molar-refractivity contribution in [2.24, 2.45) is 10.8 Å². The van der Waals surface area contributed by atoms with Gasteiger partial charge in [0.15, 0.2) is 6.21 Å². The number of nitrogens with zero attached hydrogens (tertiary/aromatic N) is 2. The molecule has 1 aliphatic heterocycles. The number of amides is 2. The van der Waals surface area contributed by atoms with Crippen LogP contribution in [-0.4, -0.2) is 23.9 Å². The number of carbonyl (C=O) groups is 1.